The molecule has 0 amide bonds. The lowest BCUT2D eigenvalue weighted by Gasteiger charge is -2.30. The van der Waals surface area contributed by atoms with E-state index in [0.717, 1.165) is 47.7 Å². The molecule has 0 atom stereocenters. The van der Waals surface area contributed by atoms with Crippen LogP contribution in [0.4, 0.5) is 8.87 Å². The highest BCUT2D eigenvalue weighted by Gasteiger charge is 2.33. The summed E-state index contributed by atoms with van der Waals surface area (Å²) in [5, 5.41) is 15.1. The van der Waals surface area contributed by atoms with Crippen molar-refractivity contribution in [1.29, 1.82) is 0 Å². The number of rotatable bonds is 8. The van der Waals surface area contributed by atoms with Gasteiger partial charge in [0.1, 0.15) is 17.3 Å². The fourth-order valence-corrected chi connectivity index (χ4v) is 7.49. The minimum atomic E-state index is -0.666. The Hall–Kier alpha value is -5.02. The first-order chi connectivity index (χ1) is 24.8. The number of benzene rings is 2. The zero-order valence-electron chi connectivity index (χ0n) is 27.9. The van der Waals surface area contributed by atoms with Gasteiger partial charge in [-0.2, -0.15) is 10.1 Å². The number of phenols is 1. The summed E-state index contributed by atoms with van der Waals surface area (Å²) < 4.78 is 36.3. The van der Waals surface area contributed by atoms with Crippen molar-refractivity contribution in [2.45, 2.75) is 44.3 Å². The monoisotopic (exact) mass is 696 g/mol. The summed E-state index contributed by atoms with van der Waals surface area (Å²) in [7, 11) is 0. The molecule has 1 radical (unpaired) electrons. The van der Waals surface area contributed by atoms with Crippen molar-refractivity contribution in [3.05, 3.63) is 111 Å². The smallest absolute Gasteiger partial charge is 0.337 e. The molecule has 51 heavy (non-hydrogen) atoms. The topological polar surface area (TPSA) is 123 Å². The third-order valence-electron chi connectivity index (χ3n) is 10.1. The van der Waals surface area contributed by atoms with E-state index in [1.165, 1.54) is 15.3 Å². The van der Waals surface area contributed by atoms with E-state index >= 15 is 0 Å². The lowest BCUT2D eigenvalue weighted by atomic mass is 9.91. The predicted molar refractivity (Wildman–Crippen MR) is 189 cm³/mol. The summed E-state index contributed by atoms with van der Waals surface area (Å²) in [6, 6.07) is 13.6. The summed E-state index contributed by atoms with van der Waals surface area (Å²) in [5.74, 6) is 0.210. The second-order valence-electron chi connectivity index (χ2n) is 13.4. The first kappa shape index (κ1) is 33.1. The van der Waals surface area contributed by atoms with Crippen molar-refractivity contribution < 1.29 is 18.7 Å². The molecule has 2 fully saturated rings. The molecule has 1 aliphatic carbocycles. The highest BCUT2D eigenvalue weighted by molar-refractivity contribution is 5.98. The van der Waals surface area contributed by atoms with E-state index in [-0.39, 0.29) is 29.5 Å². The Morgan fingerprint density at radius 2 is 1.84 bits per heavy atom. The average molecular weight is 697 g/mol. The molecule has 2 aromatic carbocycles. The number of phenolic OH excluding ortho intramolecular Hbond substituents is 1. The fraction of sp³-hybridized carbons (Fsp3) is 0.351. The third kappa shape index (κ3) is 6.63. The van der Waals surface area contributed by atoms with Crippen molar-refractivity contribution in [3.8, 4) is 22.6 Å². The third-order valence-corrected chi connectivity index (χ3v) is 10.1. The Morgan fingerprint density at radius 1 is 1.04 bits per heavy atom. The Bertz CT molecular complexity index is 2180. The van der Waals surface area contributed by atoms with E-state index in [0.29, 0.717) is 68.6 Å². The van der Waals surface area contributed by atoms with Gasteiger partial charge in [0.25, 0.3) is 11.4 Å². The molecule has 2 N–H and O–H groups in total. The number of aromatic nitrogens is 3. The Labute approximate surface area is 292 Å². The van der Waals surface area contributed by atoms with Gasteiger partial charge in [0.05, 0.1) is 30.5 Å². The van der Waals surface area contributed by atoms with E-state index in [2.05, 4.69) is 20.2 Å². The largest absolute Gasteiger partial charge is 0.508 e. The number of aliphatic imine (C=N–C) groups is 1. The van der Waals surface area contributed by atoms with Crippen LogP contribution in [0.25, 0.3) is 27.8 Å². The molecule has 0 unspecified atom stereocenters. The van der Waals surface area contributed by atoms with E-state index < -0.39 is 23.1 Å². The van der Waals surface area contributed by atoms with Crippen molar-refractivity contribution in [1.82, 2.24) is 34.4 Å². The number of morpholine rings is 1. The number of fused-ring (bicyclic) bond motifs is 2. The van der Waals surface area contributed by atoms with Crippen molar-refractivity contribution in [3.63, 3.8) is 0 Å². The molecule has 5 heterocycles. The maximum absolute atomic E-state index is 14.6. The molecule has 14 heteroatoms. The van der Waals surface area contributed by atoms with Crippen molar-refractivity contribution in [2.75, 3.05) is 39.5 Å². The van der Waals surface area contributed by atoms with Crippen LogP contribution in [0.15, 0.2) is 93.5 Å². The molecule has 263 valence electrons. The zero-order valence-corrected chi connectivity index (χ0v) is 27.9. The Balaban J connectivity index is 1.08. The zero-order chi connectivity index (χ0) is 35.1. The first-order valence-corrected chi connectivity index (χ1v) is 17.3. The van der Waals surface area contributed by atoms with Crippen LogP contribution in [0.3, 0.4) is 0 Å². The van der Waals surface area contributed by atoms with Crippen LogP contribution in [0.2, 0.25) is 0 Å². The van der Waals surface area contributed by atoms with E-state index in [1.54, 1.807) is 29.2 Å². The summed E-state index contributed by atoms with van der Waals surface area (Å²) in [5.41, 5.74) is 2.60. The van der Waals surface area contributed by atoms with E-state index in [9.17, 15) is 23.6 Å². The number of hydrogen-bond donors (Lipinski definition) is 2. The Morgan fingerprint density at radius 3 is 2.67 bits per heavy atom. The second kappa shape index (κ2) is 13.9. The molecular weight excluding hydrogens is 658 g/mol. The number of hydrogen-bond acceptors (Lipinski definition) is 10. The SMILES string of the molecule is O=c1c2cc(F)cnc2n(-c2cccc(-c3cccc(O)c3CN3CCOCC3)c2)c(=O)n1C1CCC(NCC2=C[N+]3CN(F)C=CC3=N2)CC1. The Kier molecular flexibility index (Phi) is 9.06. The van der Waals surface area contributed by atoms with Crippen molar-refractivity contribution in [2.24, 2.45) is 4.99 Å². The molecule has 3 aliphatic heterocycles. The summed E-state index contributed by atoms with van der Waals surface area (Å²) in [6.45, 7) is 3.89. The van der Waals surface area contributed by atoms with Crippen LogP contribution in [0.1, 0.15) is 37.3 Å². The number of ether oxygens (including phenoxy) is 1. The number of amidine groups is 1. The van der Waals surface area contributed by atoms with E-state index in [4.69, 9.17) is 4.74 Å². The number of halogens is 2. The maximum Gasteiger partial charge on any atom is 0.337 e. The minimum absolute atomic E-state index is 0.0234. The van der Waals surface area contributed by atoms with Gasteiger partial charge in [-0.05, 0) is 61.1 Å². The van der Waals surface area contributed by atoms with Gasteiger partial charge in [-0.25, -0.2) is 18.7 Å². The highest BCUT2D eigenvalue weighted by Crippen LogP contribution is 2.33. The molecule has 2 aromatic heterocycles. The standard InChI is InChI=1S/C37H38F2N8O4/c38-25-18-31-35(41-19-25)46(29-4-1-3-24(17-29)30-5-2-6-33(48)32(30)22-43-13-15-51-16-14-43)37(50)47(36(31)49)28-9-7-26(8-10-28)40-20-27-21-44-23-45(39)12-11-34(44)42-27/h1-6,11-12,17-19,21,26,28,40,48H,7-10,13-16,20,22-23H2/q+1. The van der Waals surface area contributed by atoms with Crippen LogP contribution in [0, 0.1) is 5.82 Å². The number of nitrogens with zero attached hydrogens (tertiary/aromatic N) is 7. The highest BCUT2D eigenvalue weighted by atomic mass is 19.2. The van der Waals surface area contributed by atoms with E-state index in [1.807, 2.05) is 30.5 Å². The van der Waals surface area contributed by atoms with Gasteiger partial charge in [0.2, 0.25) is 6.67 Å². The summed E-state index contributed by atoms with van der Waals surface area (Å²) >= 11 is 0. The van der Waals surface area contributed by atoms with Gasteiger partial charge in [0, 0.05) is 56.1 Å². The molecule has 0 bridgehead atoms. The van der Waals surface area contributed by atoms with Crippen LogP contribution in [-0.4, -0.2) is 80.6 Å². The number of pyridine rings is 1. The summed E-state index contributed by atoms with van der Waals surface area (Å²) in [4.78, 5) is 41.1. The number of nitrogens with one attached hydrogen (secondary N) is 1. The molecular formula is C37H38F2N8O4+. The van der Waals surface area contributed by atoms with Crippen LogP contribution < -0.4 is 21.5 Å². The second-order valence-corrected chi connectivity index (χ2v) is 13.4. The molecule has 8 rings (SSSR count). The van der Waals surface area contributed by atoms with Gasteiger partial charge in [-0.3, -0.25) is 14.3 Å². The van der Waals surface area contributed by atoms with Crippen molar-refractivity contribution >= 4 is 16.9 Å². The molecule has 1 saturated heterocycles. The quantitative estimate of drug-likeness (QED) is 0.209. The van der Waals surface area contributed by atoms with Gasteiger partial charge in [-0.1, -0.05) is 33.6 Å². The van der Waals surface area contributed by atoms with Crippen LogP contribution >= 0.6 is 0 Å². The first-order valence-electron chi connectivity index (χ1n) is 17.3. The lowest BCUT2D eigenvalue weighted by Crippen LogP contribution is -2.44. The average Bonchev–Trinajstić information content (AvgIpc) is 3.55. The normalized spacial score (nSPS) is 21.2. The molecule has 12 nitrogen and oxygen atoms in total. The maximum atomic E-state index is 14.6. The van der Waals surface area contributed by atoms with Crippen LogP contribution in [-0.2, 0) is 11.3 Å². The van der Waals surface area contributed by atoms with Gasteiger partial charge in [0.15, 0.2) is 11.8 Å². The lowest BCUT2D eigenvalue weighted by molar-refractivity contribution is 0.0339. The van der Waals surface area contributed by atoms with Gasteiger partial charge >= 0.3 is 5.69 Å². The minimum Gasteiger partial charge on any atom is -0.508 e. The summed E-state index contributed by atoms with van der Waals surface area (Å²) in [6.07, 6.45) is 8.36. The van der Waals surface area contributed by atoms with Crippen LogP contribution in [0.5, 0.6) is 5.75 Å². The van der Waals surface area contributed by atoms with Gasteiger partial charge in [-0.15, -0.1) is 0 Å². The molecule has 1 saturated carbocycles. The molecule has 4 aliphatic rings. The predicted octanol–water partition coefficient (Wildman–Crippen LogP) is 4.03. The number of aromatic hydroxyl groups is 1. The molecule has 4 aromatic rings. The molecule has 0 spiro atoms. The fourth-order valence-electron chi connectivity index (χ4n) is 7.49. The van der Waals surface area contributed by atoms with Gasteiger partial charge < -0.3 is 15.2 Å².